The van der Waals surface area contributed by atoms with Gasteiger partial charge in [0.1, 0.15) is 5.82 Å². The fourth-order valence-corrected chi connectivity index (χ4v) is 5.12. The average molecular weight is 398 g/mol. The highest BCUT2D eigenvalue weighted by Crippen LogP contribution is 2.32. The van der Waals surface area contributed by atoms with E-state index in [1.807, 2.05) is 6.92 Å². The van der Waals surface area contributed by atoms with E-state index in [4.69, 9.17) is 0 Å². The van der Waals surface area contributed by atoms with E-state index >= 15 is 0 Å². The van der Waals surface area contributed by atoms with E-state index < -0.39 is 15.7 Å². The van der Waals surface area contributed by atoms with Crippen molar-refractivity contribution in [2.24, 2.45) is 0 Å². The topological polar surface area (TPSA) is 67.3 Å². The lowest BCUT2D eigenvalue weighted by atomic mass is 10.1. The zero-order chi connectivity index (χ0) is 19.9. The van der Waals surface area contributed by atoms with E-state index in [9.17, 15) is 17.6 Å². The molecule has 2 aromatic carbocycles. The van der Waals surface area contributed by atoms with Gasteiger partial charge < -0.3 is 4.90 Å². The van der Waals surface area contributed by atoms with Crippen molar-refractivity contribution in [1.82, 2.24) is 9.88 Å². The van der Waals surface area contributed by atoms with Crippen LogP contribution in [0, 0.1) is 12.7 Å². The normalized spacial score (nSPS) is 14.6. The molecule has 5 nitrogen and oxygen atoms in total. The molecule has 7 heteroatoms. The summed E-state index contributed by atoms with van der Waals surface area (Å²) in [6.45, 7) is 3.00. The van der Waals surface area contributed by atoms with E-state index in [1.54, 1.807) is 17.0 Å². The van der Waals surface area contributed by atoms with Crippen molar-refractivity contribution in [3.05, 3.63) is 65.6 Å². The summed E-state index contributed by atoms with van der Waals surface area (Å²) in [5.41, 5.74) is 1.23. The molecule has 0 spiro atoms. The third-order valence-corrected chi connectivity index (χ3v) is 6.87. The summed E-state index contributed by atoms with van der Waals surface area (Å²) in [7, 11) is -4.06. The second-order valence-corrected chi connectivity index (χ2v) is 8.86. The van der Waals surface area contributed by atoms with E-state index in [0.717, 1.165) is 24.5 Å². The Morgan fingerprint density at radius 2 is 1.75 bits per heavy atom. The fourth-order valence-electron chi connectivity index (χ4n) is 3.51. The first-order valence-corrected chi connectivity index (χ1v) is 10.6. The van der Waals surface area contributed by atoms with Gasteiger partial charge in [0.15, 0.2) is 0 Å². The van der Waals surface area contributed by atoms with Crippen LogP contribution < -0.4 is 0 Å². The molecule has 0 N–H and O–H groups in total. The minimum atomic E-state index is -4.06. The standard InChI is InChI=1S/C21H19FN2O3S/c1-14-4-7-16(8-5-14)28(26,27)20-17-12-15(22)6-9-19(17)23-13-18(20)21(25)24-10-2-3-11-24/h4-9,12-13H,2-3,10-11H2,1H3. The smallest absolute Gasteiger partial charge is 0.256 e. The van der Waals surface area contributed by atoms with Crippen LogP contribution in [0.4, 0.5) is 4.39 Å². The number of rotatable bonds is 3. The van der Waals surface area contributed by atoms with Gasteiger partial charge in [-0.05, 0) is 50.1 Å². The number of carbonyl (C=O) groups is 1. The molecule has 2 heterocycles. The minimum absolute atomic E-state index is 0.0134. The number of nitrogens with zero attached hydrogens (tertiary/aromatic N) is 2. The highest BCUT2D eigenvalue weighted by atomic mass is 32.2. The first-order chi connectivity index (χ1) is 13.4. The SMILES string of the molecule is Cc1ccc(S(=O)(=O)c2c(C(=O)N3CCCC3)cnc3ccc(F)cc23)cc1. The molecule has 1 amide bonds. The number of aromatic nitrogens is 1. The molecule has 1 aliphatic heterocycles. The molecule has 4 rings (SSSR count). The van der Waals surface area contributed by atoms with Crippen molar-refractivity contribution in [2.45, 2.75) is 29.6 Å². The Kier molecular flexibility index (Phi) is 4.63. The molecule has 1 aliphatic rings. The van der Waals surface area contributed by atoms with Crippen LogP contribution in [0.1, 0.15) is 28.8 Å². The number of fused-ring (bicyclic) bond motifs is 1. The van der Waals surface area contributed by atoms with Crippen molar-refractivity contribution < 1.29 is 17.6 Å². The first kappa shape index (κ1) is 18.6. The Labute approximate surface area is 162 Å². The molecule has 28 heavy (non-hydrogen) atoms. The number of pyridine rings is 1. The van der Waals surface area contributed by atoms with Crippen LogP contribution in [0.25, 0.3) is 10.9 Å². The van der Waals surface area contributed by atoms with Gasteiger partial charge in [0, 0.05) is 24.7 Å². The van der Waals surface area contributed by atoms with Crippen LogP contribution in [0.15, 0.2) is 58.5 Å². The molecule has 1 saturated heterocycles. The van der Waals surface area contributed by atoms with Crippen molar-refractivity contribution in [2.75, 3.05) is 13.1 Å². The first-order valence-electron chi connectivity index (χ1n) is 9.07. The summed E-state index contributed by atoms with van der Waals surface area (Å²) >= 11 is 0. The summed E-state index contributed by atoms with van der Waals surface area (Å²) in [6, 6.07) is 10.2. The number of benzene rings is 2. The van der Waals surface area contributed by atoms with E-state index in [0.29, 0.717) is 18.6 Å². The van der Waals surface area contributed by atoms with Crippen LogP contribution in [0.3, 0.4) is 0 Å². The molecule has 144 valence electrons. The zero-order valence-corrected chi connectivity index (χ0v) is 16.2. The number of amides is 1. The van der Waals surface area contributed by atoms with Gasteiger partial charge >= 0.3 is 0 Å². The molecule has 1 aromatic heterocycles. The third kappa shape index (κ3) is 3.16. The van der Waals surface area contributed by atoms with Crippen molar-refractivity contribution >= 4 is 26.6 Å². The van der Waals surface area contributed by atoms with Crippen LogP contribution in [0.5, 0.6) is 0 Å². The minimum Gasteiger partial charge on any atom is -0.339 e. The second-order valence-electron chi connectivity index (χ2n) is 6.98. The molecule has 1 fully saturated rings. The number of sulfone groups is 1. The van der Waals surface area contributed by atoms with Crippen LogP contribution in [-0.2, 0) is 9.84 Å². The summed E-state index contributed by atoms with van der Waals surface area (Å²) in [6.07, 6.45) is 3.05. The molecule has 0 saturated carbocycles. The predicted octanol–water partition coefficient (Wildman–Crippen LogP) is 3.75. The lowest BCUT2D eigenvalue weighted by Gasteiger charge is -2.19. The molecule has 0 bridgehead atoms. The maximum absolute atomic E-state index is 14.0. The van der Waals surface area contributed by atoms with Gasteiger partial charge in [-0.2, -0.15) is 0 Å². The third-order valence-electron chi connectivity index (χ3n) is 5.00. The van der Waals surface area contributed by atoms with Gasteiger partial charge in [0.05, 0.1) is 20.9 Å². The van der Waals surface area contributed by atoms with Gasteiger partial charge in [-0.15, -0.1) is 0 Å². The predicted molar refractivity (Wildman–Crippen MR) is 103 cm³/mol. The number of aryl methyl sites for hydroxylation is 1. The molecule has 0 unspecified atom stereocenters. The van der Waals surface area contributed by atoms with Gasteiger partial charge in [-0.3, -0.25) is 9.78 Å². The fraction of sp³-hybridized carbons (Fsp3) is 0.238. The molecular weight excluding hydrogens is 379 g/mol. The summed E-state index contributed by atoms with van der Waals surface area (Å²) in [5.74, 6) is -0.970. The molecular formula is C21H19FN2O3S. The average Bonchev–Trinajstić information content (AvgIpc) is 3.21. The number of hydrogen-bond donors (Lipinski definition) is 0. The van der Waals surface area contributed by atoms with Crippen molar-refractivity contribution in [3.63, 3.8) is 0 Å². The van der Waals surface area contributed by atoms with Gasteiger partial charge in [0.25, 0.3) is 5.91 Å². The Morgan fingerprint density at radius 3 is 2.43 bits per heavy atom. The number of carbonyl (C=O) groups excluding carboxylic acids is 1. The highest BCUT2D eigenvalue weighted by Gasteiger charge is 2.31. The second kappa shape index (κ2) is 6.98. The van der Waals surface area contributed by atoms with E-state index in [2.05, 4.69) is 4.98 Å². The summed E-state index contributed by atoms with van der Waals surface area (Å²) < 4.78 is 41.0. The maximum Gasteiger partial charge on any atom is 0.256 e. The Bertz CT molecular complexity index is 1170. The van der Waals surface area contributed by atoms with Crippen LogP contribution >= 0.6 is 0 Å². The largest absolute Gasteiger partial charge is 0.339 e. The van der Waals surface area contributed by atoms with Crippen molar-refractivity contribution in [1.29, 1.82) is 0 Å². The van der Waals surface area contributed by atoms with Crippen LogP contribution in [-0.4, -0.2) is 37.3 Å². The molecule has 0 atom stereocenters. The monoisotopic (exact) mass is 398 g/mol. The van der Waals surface area contributed by atoms with E-state index in [1.165, 1.54) is 30.5 Å². The maximum atomic E-state index is 14.0. The summed E-state index contributed by atoms with van der Waals surface area (Å²) in [5, 5.41) is 0.116. The molecule has 0 radical (unpaired) electrons. The highest BCUT2D eigenvalue weighted by molar-refractivity contribution is 7.91. The van der Waals surface area contributed by atoms with E-state index in [-0.39, 0.29) is 26.6 Å². The van der Waals surface area contributed by atoms with Gasteiger partial charge in [-0.25, -0.2) is 12.8 Å². The molecule has 3 aromatic rings. The lowest BCUT2D eigenvalue weighted by Crippen LogP contribution is -2.29. The van der Waals surface area contributed by atoms with Gasteiger partial charge in [0.2, 0.25) is 9.84 Å². The lowest BCUT2D eigenvalue weighted by molar-refractivity contribution is 0.0789. The zero-order valence-electron chi connectivity index (χ0n) is 15.4. The number of hydrogen-bond acceptors (Lipinski definition) is 4. The Morgan fingerprint density at radius 1 is 1.07 bits per heavy atom. The van der Waals surface area contributed by atoms with Crippen LogP contribution in [0.2, 0.25) is 0 Å². The van der Waals surface area contributed by atoms with Gasteiger partial charge in [-0.1, -0.05) is 17.7 Å². The van der Waals surface area contributed by atoms with Crippen molar-refractivity contribution in [3.8, 4) is 0 Å². The Balaban J connectivity index is 2.00. The summed E-state index contributed by atoms with van der Waals surface area (Å²) in [4.78, 5) is 18.8. The quantitative estimate of drug-likeness (QED) is 0.674. The Hall–Kier alpha value is -2.80. The number of halogens is 1. The number of likely N-dealkylation sites (tertiary alicyclic amines) is 1. The molecule has 0 aliphatic carbocycles.